The highest BCUT2D eigenvalue weighted by atomic mass is 16.1. The van der Waals surface area contributed by atoms with Gasteiger partial charge in [0.15, 0.2) is 11.4 Å². The lowest BCUT2D eigenvalue weighted by molar-refractivity contribution is 0.743. The van der Waals surface area contributed by atoms with Crippen molar-refractivity contribution in [2.75, 3.05) is 23.7 Å². The van der Waals surface area contributed by atoms with Crippen molar-refractivity contribution in [3.63, 3.8) is 0 Å². The number of nitrogens with zero attached hydrogens (tertiary/aromatic N) is 5. The molecule has 0 bridgehead atoms. The Morgan fingerprint density at radius 2 is 1.79 bits per heavy atom. The van der Waals surface area contributed by atoms with Gasteiger partial charge >= 0.3 is 0 Å². The third-order valence-corrected chi connectivity index (χ3v) is 4.24. The van der Waals surface area contributed by atoms with Gasteiger partial charge in [0, 0.05) is 13.1 Å². The number of rotatable bonds is 2. The number of hydrogen-bond acceptors (Lipinski definition) is 6. The molecule has 0 saturated heterocycles. The van der Waals surface area contributed by atoms with Crippen LogP contribution in [0, 0.1) is 22.7 Å². The van der Waals surface area contributed by atoms with E-state index in [0.717, 1.165) is 17.4 Å². The molecule has 1 aromatic carbocycles. The normalized spacial score (nSPS) is 13.5. The predicted octanol–water partition coefficient (Wildman–Crippen LogP) is 0.826. The number of nitriles is 2. The highest BCUT2D eigenvalue weighted by Crippen LogP contribution is 2.21. The first kappa shape index (κ1) is 15.6. The van der Waals surface area contributed by atoms with Crippen LogP contribution in [0.1, 0.15) is 16.7 Å². The first-order valence-electron chi connectivity index (χ1n) is 7.64. The summed E-state index contributed by atoms with van der Waals surface area (Å²) < 4.78 is 1.02. The molecule has 120 valence electrons. The second-order valence-corrected chi connectivity index (χ2v) is 5.59. The van der Waals surface area contributed by atoms with Gasteiger partial charge in [-0.15, -0.1) is 0 Å². The van der Waals surface area contributed by atoms with Gasteiger partial charge in [-0.25, -0.2) is 0 Å². The Morgan fingerprint density at radius 1 is 1.17 bits per heavy atom. The summed E-state index contributed by atoms with van der Waals surface area (Å²) in [5, 5.41) is 18.2. The fraction of sp³-hybridized carbons (Fsp3) is 0.294. The van der Waals surface area contributed by atoms with Crippen LogP contribution < -0.4 is 16.2 Å². The molecule has 2 N–H and O–H groups in total. The van der Waals surface area contributed by atoms with Crippen molar-refractivity contribution >= 4 is 11.8 Å². The lowest BCUT2D eigenvalue weighted by Gasteiger charge is -2.23. The Hall–Kier alpha value is -3.32. The summed E-state index contributed by atoms with van der Waals surface area (Å²) in [7, 11) is 0. The summed E-state index contributed by atoms with van der Waals surface area (Å²) in [6.45, 7) is 1.08. The van der Waals surface area contributed by atoms with Crippen molar-refractivity contribution in [1.29, 1.82) is 10.5 Å². The van der Waals surface area contributed by atoms with Crippen LogP contribution in [-0.4, -0.2) is 22.6 Å². The van der Waals surface area contributed by atoms with E-state index >= 15 is 0 Å². The van der Waals surface area contributed by atoms with Crippen molar-refractivity contribution in [3.05, 3.63) is 51.3 Å². The summed E-state index contributed by atoms with van der Waals surface area (Å²) in [6, 6.07) is 12.0. The Bertz CT molecular complexity index is 891. The number of anilines is 2. The number of aromatic nitrogens is 2. The monoisotopic (exact) mass is 320 g/mol. The van der Waals surface area contributed by atoms with Crippen LogP contribution in [0.5, 0.6) is 0 Å². The van der Waals surface area contributed by atoms with Crippen LogP contribution >= 0.6 is 0 Å². The van der Waals surface area contributed by atoms with E-state index in [9.17, 15) is 10.1 Å². The third-order valence-electron chi connectivity index (χ3n) is 4.24. The number of benzene rings is 1. The van der Waals surface area contributed by atoms with Crippen LogP contribution in [-0.2, 0) is 19.4 Å². The van der Waals surface area contributed by atoms with Crippen LogP contribution in [0.4, 0.5) is 11.8 Å². The summed E-state index contributed by atoms with van der Waals surface area (Å²) in [5.74, 6) is 0.263. The third kappa shape index (κ3) is 2.68. The van der Waals surface area contributed by atoms with E-state index in [1.54, 1.807) is 0 Å². The van der Waals surface area contributed by atoms with Crippen LogP contribution in [0.2, 0.25) is 0 Å². The van der Waals surface area contributed by atoms with Gasteiger partial charge in [-0.2, -0.15) is 15.5 Å². The molecule has 0 aliphatic carbocycles. The molecule has 0 spiro atoms. The first-order valence-corrected chi connectivity index (χ1v) is 7.64. The summed E-state index contributed by atoms with van der Waals surface area (Å²) in [6.07, 6.45) is 1.62. The van der Waals surface area contributed by atoms with Crippen molar-refractivity contribution < 1.29 is 0 Å². The van der Waals surface area contributed by atoms with Gasteiger partial charge in [0.05, 0.1) is 6.07 Å². The standard InChI is InChI=1S/C17H16N6O/c18-7-10-23-16(24)14(11-19)15(21-17(23)20)22-8-5-12-3-1-2-4-13(12)6-9-22/h1-4H,5-6,8-10H2,(H2,20,21). The number of fused-ring (bicyclic) bond motifs is 1. The number of nitrogens with two attached hydrogens (primary N) is 1. The van der Waals surface area contributed by atoms with Gasteiger partial charge in [0.25, 0.3) is 5.56 Å². The van der Waals surface area contributed by atoms with Gasteiger partial charge in [-0.3, -0.25) is 9.36 Å². The number of nitrogen functional groups attached to an aromatic ring is 1. The second-order valence-electron chi connectivity index (χ2n) is 5.59. The van der Waals surface area contributed by atoms with Gasteiger partial charge in [0.1, 0.15) is 12.6 Å². The minimum Gasteiger partial charge on any atom is -0.369 e. The quantitative estimate of drug-likeness (QED) is 0.877. The molecule has 2 aromatic rings. The molecular weight excluding hydrogens is 304 g/mol. The Morgan fingerprint density at radius 3 is 2.33 bits per heavy atom. The SMILES string of the molecule is N#CCn1c(N)nc(N2CCc3ccccc3CC2)c(C#N)c1=O. The molecule has 1 aliphatic rings. The second kappa shape index (κ2) is 6.43. The Kier molecular flexibility index (Phi) is 4.17. The molecule has 1 aromatic heterocycles. The van der Waals surface area contributed by atoms with Crippen molar-refractivity contribution in [2.45, 2.75) is 19.4 Å². The molecule has 0 amide bonds. The minimum absolute atomic E-state index is 0.0442. The molecule has 7 heteroatoms. The van der Waals surface area contributed by atoms with E-state index in [-0.39, 0.29) is 18.1 Å². The van der Waals surface area contributed by atoms with Crippen LogP contribution in [0.3, 0.4) is 0 Å². The molecule has 0 unspecified atom stereocenters. The lowest BCUT2D eigenvalue weighted by Crippen LogP contribution is -2.34. The molecule has 0 radical (unpaired) electrons. The summed E-state index contributed by atoms with van der Waals surface area (Å²) in [5.41, 5.74) is 7.73. The van der Waals surface area contributed by atoms with E-state index in [4.69, 9.17) is 11.0 Å². The minimum atomic E-state index is -0.566. The molecule has 0 saturated carbocycles. The van der Waals surface area contributed by atoms with E-state index in [0.29, 0.717) is 18.9 Å². The zero-order valence-electron chi connectivity index (χ0n) is 13.1. The summed E-state index contributed by atoms with van der Waals surface area (Å²) in [4.78, 5) is 18.6. The van der Waals surface area contributed by atoms with Crippen LogP contribution in [0.25, 0.3) is 0 Å². The van der Waals surface area contributed by atoms with Crippen LogP contribution in [0.15, 0.2) is 29.1 Å². The van der Waals surface area contributed by atoms with E-state index in [1.165, 1.54) is 11.1 Å². The molecular formula is C17H16N6O. The highest BCUT2D eigenvalue weighted by Gasteiger charge is 2.22. The maximum absolute atomic E-state index is 12.4. The molecule has 24 heavy (non-hydrogen) atoms. The Labute approximate surface area is 139 Å². The Balaban J connectivity index is 2.01. The molecule has 3 rings (SSSR count). The van der Waals surface area contributed by atoms with Gasteiger partial charge < -0.3 is 10.6 Å². The van der Waals surface area contributed by atoms with Gasteiger partial charge in [0.2, 0.25) is 5.95 Å². The maximum Gasteiger partial charge on any atom is 0.275 e. The van der Waals surface area contributed by atoms with E-state index in [2.05, 4.69) is 17.1 Å². The zero-order valence-corrected chi connectivity index (χ0v) is 13.1. The fourth-order valence-electron chi connectivity index (χ4n) is 2.99. The smallest absolute Gasteiger partial charge is 0.275 e. The molecule has 1 aliphatic heterocycles. The van der Waals surface area contributed by atoms with E-state index < -0.39 is 5.56 Å². The fourth-order valence-corrected chi connectivity index (χ4v) is 2.99. The zero-order chi connectivity index (χ0) is 17.1. The molecule has 2 heterocycles. The molecule has 7 nitrogen and oxygen atoms in total. The maximum atomic E-state index is 12.4. The predicted molar refractivity (Wildman–Crippen MR) is 89.3 cm³/mol. The largest absolute Gasteiger partial charge is 0.369 e. The highest BCUT2D eigenvalue weighted by molar-refractivity contribution is 5.56. The topological polar surface area (TPSA) is 112 Å². The molecule has 0 fully saturated rings. The first-order chi connectivity index (χ1) is 11.7. The number of hydrogen-bond donors (Lipinski definition) is 1. The lowest BCUT2D eigenvalue weighted by atomic mass is 10.0. The van der Waals surface area contributed by atoms with E-state index in [1.807, 2.05) is 29.2 Å². The van der Waals surface area contributed by atoms with Gasteiger partial charge in [-0.05, 0) is 24.0 Å². The summed E-state index contributed by atoms with van der Waals surface area (Å²) >= 11 is 0. The average molecular weight is 320 g/mol. The average Bonchev–Trinajstić information content (AvgIpc) is 2.81. The van der Waals surface area contributed by atoms with Gasteiger partial charge in [-0.1, -0.05) is 24.3 Å². The molecule has 0 atom stereocenters. The van der Waals surface area contributed by atoms with Crippen molar-refractivity contribution in [3.8, 4) is 12.1 Å². The van der Waals surface area contributed by atoms with Crippen molar-refractivity contribution in [2.24, 2.45) is 0 Å². The van der Waals surface area contributed by atoms with Crippen molar-refractivity contribution in [1.82, 2.24) is 9.55 Å².